The standard InChI is InChI=1S/C29H27N7O5/c1-30-29(40)25-22(15-23(35-36-25)34-27(38)17-9-10-17)32-21-7-3-5-19(26(21)41-2)28(39)31-18-13-11-16(12-14-18)20-6-4-8-24(37)33-20/h3-8,11-15,17H,9-10H2,1-2H3,(H,30,40)(H,31,39)(H,33,37)(H2,32,34,35,38)/i1D3. The Hall–Kier alpha value is -5.52. The summed E-state index contributed by atoms with van der Waals surface area (Å²) in [6.45, 7) is -2.79. The number of amides is 3. The molecule has 1 aliphatic rings. The van der Waals surface area contributed by atoms with Crippen molar-refractivity contribution >= 4 is 40.6 Å². The van der Waals surface area contributed by atoms with E-state index in [1.165, 1.54) is 25.3 Å². The van der Waals surface area contributed by atoms with Gasteiger partial charge in [0, 0.05) is 40.5 Å². The molecular formula is C29H27N7O5. The second kappa shape index (κ2) is 11.7. The Labute approximate surface area is 238 Å². The van der Waals surface area contributed by atoms with E-state index in [9.17, 15) is 19.2 Å². The van der Waals surface area contributed by atoms with Crippen LogP contribution < -0.4 is 31.6 Å². The Balaban J connectivity index is 1.41. The number of pyridine rings is 1. The number of nitrogens with zero attached hydrogens (tertiary/aromatic N) is 2. The fourth-order valence-electron chi connectivity index (χ4n) is 4.08. The van der Waals surface area contributed by atoms with Gasteiger partial charge in [-0.25, -0.2) is 0 Å². The average molecular weight is 557 g/mol. The summed E-state index contributed by atoms with van der Waals surface area (Å²) in [6, 6.07) is 17.7. The molecule has 0 spiro atoms. The van der Waals surface area contributed by atoms with Gasteiger partial charge >= 0.3 is 0 Å². The quantitative estimate of drug-likeness (QED) is 0.209. The number of para-hydroxylation sites is 1. The summed E-state index contributed by atoms with van der Waals surface area (Å²) in [5.41, 5.74) is 1.68. The highest BCUT2D eigenvalue weighted by atomic mass is 16.5. The van der Waals surface area contributed by atoms with E-state index in [-0.39, 0.29) is 51.6 Å². The lowest BCUT2D eigenvalue weighted by Gasteiger charge is -2.17. The molecule has 0 aliphatic heterocycles. The zero-order valence-corrected chi connectivity index (χ0v) is 21.8. The smallest absolute Gasteiger partial charge is 0.273 e. The molecule has 41 heavy (non-hydrogen) atoms. The van der Waals surface area contributed by atoms with Crippen molar-refractivity contribution < 1.29 is 23.2 Å². The highest BCUT2D eigenvalue weighted by Gasteiger charge is 2.30. The van der Waals surface area contributed by atoms with E-state index >= 15 is 0 Å². The van der Waals surface area contributed by atoms with Crippen LogP contribution in [0, 0.1) is 5.92 Å². The molecule has 5 rings (SSSR count). The molecule has 5 N–H and O–H groups in total. The van der Waals surface area contributed by atoms with E-state index in [4.69, 9.17) is 8.85 Å². The number of anilines is 4. The summed E-state index contributed by atoms with van der Waals surface area (Å²) in [6.07, 6.45) is 1.51. The van der Waals surface area contributed by atoms with Gasteiger partial charge in [0.2, 0.25) is 11.5 Å². The van der Waals surface area contributed by atoms with Crippen molar-refractivity contribution in [2.45, 2.75) is 12.8 Å². The van der Waals surface area contributed by atoms with Crippen molar-refractivity contribution in [1.29, 1.82) is 0 Å². The molecule has 12 heteroatoms. The molecule has 3 amide bonds. The van der Waals surface area contributed by atoms with Crippen LogP contribution in [0.5, 0.6) is 5.75 Å². The number of ether oxygens (including phenoxy) is 1. The van der Waals surface area contributed by atoms with E-state index in [0.29, 0.717) is 11.4 Å². The lowest BCUT2D eigenvalue weighted by atomic mass is 10.1. The second-order valence-corrected chi connectivity index (χ2v) is 9.18. The summed E-state index contributed by atoms with van der Waals surface area (Å²) in [7, 11) is 1.36. The molecule has 2 aromatic heterocycles. The SMILES string of the molecule is [2H]C([2H])([2H])NC(=O)c1nnc(NC(=O)C2CC2)cc1Nc1cccc(C(=O)Nc2ccc(-c3cccc(=O)[nH]3)cc2)c1OC. The molecule has 0 saturated heterocycles. The number of nitrogens with one attached hydrogen (secondary N) is 5. The number of carbonyl (C=O) groups is 3. The first-order valence-corrected chi connectivity index (χ1v) is 12.6. The molecule has 2 aromatic carbocycles. The molecule has 1 aliphatic carbocycles. The molecular weight excluding hydrogens is 526 g/mol. The minimum atomic E-state index is -2.79. The van der Waals surface area contributed by atoms with E-state index in [0.717, 1.165) is 18.4 Å². The molecule has 0 bridgehead atoms. The van der Waals surface area contributed by atoms with Crippen LogP contribution in [0.15, 0.2) is 71.5 Å². The predicted octanol–water partition coefficient (Wildman–Crippen LogP) is 3.54. The van der Waals surface area contributed by atoms with E-state index in [2.05, 4.69) is 31.1 Å². The molecule has 0 radical (unpaired) electrons. The van der Waals surface area contributed by atoms with Crippen LogP contribution in [0.1, 0.15) is 37.8 Å². The minimum absolute atomic E-state index is 0.0123. The van der Waals surface area contributed by atoms with E-state index in [1.807, 2.05) is 5.32 Å². The number of aromatic nitrogens is 3. The van der Waals surface area contributed by atoms with E-state index < -0.39 is 18.8 Å². The minimum Gasteiger partial charge on any atom is -0.494 e. The monoisotopic (exact) mass is 556 g/mol. The van der Waals surface area contributed by atoms with Gasteiger partial charge in [0.1, 0.15) is 0 Å². The zero-order valence-electron chi connectivity index (χ0n) is 24.8. The van der Waals surface area contributed by atoms with Crippen molar-refractivity contribution in [3.63, 3.8) is 0 Å². The fraction of sp³-hybridized carbons (Fsp3) is 0.172. The van der Waals surface area contributed by atoms with Crippen molar-refractivity contribution in [3.05, 3.63) is 88.3 Å². The predicted molar refractivity (Wildman–Crippen MR) is 154 cm³/mol. The summed E-state index contributed by atoms with van der Waals surface area (Å²) in [5.74, 6) is -1.74. The third-order valence-corrected chi connectivity index (χ3v) is 6.28. The third-order valence-electron chi connectivity index (χ3n) is 6.28. The average Bonchev–Trinajstić information content (AvgIpc) is 3.83. The van der Waals surface area contributed by atoms with Crippen LogP contribution >= 0.6 is 0 Å². The van der Waals surface area contributed by atoms with Gasteiger partial charge < -0.3 is 31.0 Å². The second-order valence-electron chi connectivity index (χ2n) is 9.18. The maximum Gasteiger partial charge on any atom is 0.273 e. The number of methoxy groups -OCH3 is 1. The maximum absolute atomic E-state index is 13.3. The van der Waals surface area contributed by atoms with Crippen LogP contribution in [0.25, 0.3) is 11.3 Å². The maximum atomic E-state index is 13.3. The Morgan fingerprint density at radius 1 is 0.951 bits per heavy atom. The molecule has 0 unspecified atom stereocenters. The normalized spacial score (nSPS) is 13.6. The molecule has 208 valence electrons. The highest BCUT2D eigenvalue weighted by Crippen LogP contribution is 2.34. The number of hydrogen-bond acceptors (Lipinski definition) is 8. The number of benzene rings is 2. The highest BCUT2D eigenvalue weighted by molar-refractivity contribution is 6.08. The van der Waals surface area contributed by atoms with Crippen molar-refractivity contribution in [2.24, 2.45) is 5.92 Å². The molecule has 4 aromatic rings. The van der Waals surface area contributed by atoms with Gasteiger partial charge in [-0.2, -0.15) is 0 Å². The van der Waals surface area contributed by atoms with Crippen molar-refractivity contribution in [1.82, 2.24) is 20.5 Å². The largest absolute Gasteiger partial charge is 0.494 e. The lowest BCUT2D eigenvalue weighted by Crippen LogP contribution is -2.22. The van der Waals surface area contributed by atoms with Crippen LogP contribution in [-0.4, -0.2) is 47.0 Å². The van der Waals surface area contributed by atoms with Gasteiger partial charge in [0.05, 0.1) is 24.0 Å². The molecule has 12 nitrogen and oxygen atoms in total. The van der Waals surface area contributed by atoms with Gasteiger partial charge in [-0.05, 0) is 48.7 Å². The Morgan fingerprint density at radius 3 is 2.44 bits per heavy atom. The number of H-pyrrole nitrogens is 1. The van der Waals surface area contributed by atoms with Crippen LogP contribution in [0.4, 0.5) is 22.9 Å². The topological polar surface area (TPSA) is 167 Å². The third kappa shape index (κ3) is 6.22. The lowest BCUT2D eigenvalue weighted by molar-refractivity contribution is -0.117. The Morgan fingerprint density at radius 2 is 1.73 bits per heavy atom. The molecule has 0 atom stereocenters. The van der Waals surface area contributed by atoms with Gasteiger partial charge in [-0.15, -0.1) is 10.2 Å². The fourth-order valence-corrected chi connectivity index (χ4v) is 4.08. The number of aromatic amines is 1. The van der Waals surface area contributed by atoms with Crippen LogP contribution in [0.2, 0.25) is 0 Å². The van der Waals surface area contributed by atoms with Crippen molar-refractivity contribution in [2.75, 3.05) is 30.0 Å². The number of carbonyl (C=O) groups excluding carboxylic acids is 3. The van der Waals surface area contributed by atoms with Gasteiger partial charge in [-0.1, -0.05) is 24.3 Å². The van der Waals surface area contributed by atoms with Crippen LogP contribution in [-0.2, 0) is 4.79 Å². The van der Waals surface area contributed by atoms with Crippen LogP contribution in [0.3, 0.4) is 0 Å². The molecule has 2 heterocycles. The Kier molecular flexibility index (Phi) is 6.67. The number of hydrogen-bond donors (Lipinski definition) is 5. The first-order valence-electron chi connectivity index (χ1n) is 14.1. The van der Waals surface area contributed by atoms with Gasteiger partial charge in [-0.3, -0.25) is 19.2 Å². The first kappa shape index (κ1) is 23.4. The van der Waals surface area contributed by atoms with Gasteiger partial charge in [0.25, 0.3) is 11.8 Å². The van der Waals surface area contributed by atoms with Gasteiger partial charge in [0.15, 0.2) is 17.3 Å². The summed E-state index contributed by atoms with van der Waals surface area (Å²) in [4.78, 5) is 52.8. The van der Waals surface area contributed by atoms with Crippen molar-refractivity contribution in [3.8, 4) is 17.0 Å². The number of rotatable bonds is 9. The summed E-state index contributed by atoms with van der Waals surface area (Å²) < 4.78 is 27.7. The summed E-state index contributed by atoms with van der Waals surface area (Å²) in [5, 5.41) is 18.0. The molecule has 1 fully saturated rings. The van der Waals surface area contributed by atoms with E-state index in [1.54, 1.807) is 48.5 Å². The summed E-state index contributed by atoms with van der Waals surface area (Å²) >= 11 is 0. The zero-order chi connectivity index (χ0) is 31.4. The first-order chi connectivity index (χ1) is 21.0. The Bertz CT molecular complexity index is 1790. The molecule has 1 saturated carbocycles.